The molecule has 0 bridgehead atoms. The number of hydrogen-bond acceptors (Lipinski definition) is 6. The zero-order valence-electron chi connectivity index (χ0n) is 15.1. The van der Waals surface area contributed by atoms with Gasteiger partial charge in [-0.15, -0.1) is 0 Å². The molecule has 0 aromatic carbocycles. The molecule has 3 aromatic rings. The third-order valence-corrected chi connectivity index (χ3v) is 4.51. The molecule has 1 aliphatic rings. The molecular weight excluding hydrogens is 368 g/mol. The first-order valence-electron chi connectivity index (χ1n) is 8.89. The largest absolute Gasteiger partial charge is 0.363 e. The number of halogens is 2. The predicted octanol–water partition coefficient (Wildman–Crippen LogP) is 1.94. The number of nitrogens with one attached hydrogen (secondary N) is 3. The molecular formula is C18H19F2N7O. The van der Waals surface area contributed by atoms with Gasteiger partial charge in [-0.05, 0) is 19.9 Å². The molecule has 3 aromatic heterocycles. The molecule has 0 unspecified atom stereocenters. The fraction of sp³-hybridized carbons (Fsp3) is 0.333. The molecule has 0 saturated carbocycles. The van der Waals surface area contributed by atoms with Gasteiger partial charge in [0.1, 0.15) is 17.7 Å². The normalized spacial score (nSPS) is 19.5. The quantitative estimate of drug-likeness (QED) is 0.633. The molecule has 1 saturated heterocycles. The Bertz CT molecular complexity index is 1010. The minimum atomic E-state index is -1.02. The number of carbonyl (C=O) groups excluding carboxylic acids is 1. The predicted molar refractivity (Wildman–Crippen MR) is 99.7 cm³/mol. The van der Waals surface area contributed by atoms with E-state index in [1.54, 1.807) is 19.3 Å². The number of nitrogens with zero attached hydrogens (tertiary/aromatic N) is 4. The van der Waals surface area contributed by atoms with Crippen molar-refractivity contribution in [3.63, 3.8) is 0 Å². The Balaban J connectivity index is 1.45. The lowest BCUT2D eigenvalue weighted by molar-refractivity contribution is 0.102. The van der Waals surface area contributed by atoms with Gasteiger partial charge in [-0.3, -0.25) is 4.79 Å². The first kappa shape index (κ1) is 18.2. The minimum Gasteiger partial charge on any atom is -0.363 e. The second kappa shape index (κ2) is 7.47. The van der Waals surface area contributed by atoms with Crippen LogP contribution in [0.4, 0.5) is 20.3 Å². The van der Waals surface area contributed by atoms with Gasteiger partial charge in [-0.2, -0.15) is 0 Å². The highest BCUT2D eigenvalue weighted by molar-refractivity contribution is 6.02. The van der Waals surface area contributed by atoms with Crippen LogP contribution in [-0.2, 0) is 0 Å². The number of piperidine rings is 1. The van der Waals surface area contributed by atoms with Crippen LogP contribution in [0.1, 0.15) is 22.6 Å². The van der Waals surface area contributed by atoms with Crippen LogP contribution in [0, 0.1) is 12.7 Å². The smallest absolute Gasteiger partial charge is 0.275 e. The number of fused-ring (bicyclic) bond motifs is 1. The third-order valence-electron chi connectivity index (χ3n) is 4.51. The number of pyridine rings is 1. The van der Waals surface area contributed by atoms with E-state index in [9.17, 15) is 13.6 Å². The van der Waals surface area contributed by atoms with Crippen LogP contribution in [-0.4, -0.2) is 50.6 Å². The molecule has 0 aliphatic carbocycles. The lowest BCUT2D eigenvalue weighted by atomic mass is 10.1. The van der Waals surface area contributed by atoms with Gasteiger partial charge >= 0.3 is 0 Å². The Morgan fingerprint density at radius 1 is 1.32 bits per heavy atom. The van der Waals surface area contributed by atoms with E-state index >= 15 is 0 Å². The third kappa shape index (κ3) is 3.77. The molecule has 0 spiro atoms. The molecule has 1 aliphatic heterocycles. The van der Waals surface area contributed by atoms with Crippen LogP contribution in [0.15, 0.2) is 30.9 Å². The van der Waals surface area contributed by atoms with E-state index in [1.165, 1.54) is 22.9 Å². The second-order valence-electron chi connectivity index (χ2n) is 6.69. The summed E-state index contributed by atoms with van der Waals surface area (Å²) in [5.74, 6) is -0.674. The van der Waals surface area contributed by atoms with Crippen molar-refractivity contribution in [1.29, 1.82) is 0 Å². The molecule has 146 valence electrons. The molecule has 28 heavy (non-hydrogen) atoms. The maximum Gasteiger partial charge on any atom is 0.275 e. The molecule has 4 heterocycles. The topological polar surface area (TPSA) is 96.2 Å². The van der Waals surface area contributed by atoms with Crippen LogP contribution in [0.25, 0.3) is 5.65 Å². The van der Waals surface area contributed by atoms with Gasteiger partial charge < -0.3 is 20.4 Å². The number of imidazole rings is 1. The van der Waals surface area contributed by atoms with Crippen LogP contribution >= 0.6 is 0 Å². The van der Waals surface area contributed by atoms with Gasteiger partial charge in [0.2, 0.25) is 0 Å². The summed E-state index contributed by atoms with van der Waals surface area (Å²) >= 11 is 0. The van der Waals surface area contributed by atoms with E-state index in [0.29, 0.717) is 24.5 Å². The number of carbonyl (C=O) groups is 1. The van der Waals surface area contributed by atoms with Crippen molar-refractivity contribution in [2.24, 2.45) is 0 Å². The summed E-state index contributed by atoms with van der Waals surface area (Å²) in [4.78, 5) is 24.6. The SMILES string of the molecule is Cc1cn2cc(NC(=O)c3cnc(N[C@@H]4CCNC[C@@H]4F)cn3)cc(F)c2n1. The lowest BCUT2D eigenvalue weighted by Crippen LogP contribution is -2.45. The average Bonchev–Trinajstić information content (AvgIpc) is 3.05. The fourth-order valence-electron chi connectivity index (χ4n) is 3.14. The van der Waals surface area contributed by atoms with Gasteiger partial charge in [-0.1, -0.05) is 0 Å². The van der Waals surface area contributed by atoms with Crippen LogP contribution in [0.5, 0.6) is 0 Å². The highest BCUT2D eigenvalue weighted by Crippen LogP contribution is 2.17. The number of hydrogen-bond donors (Lipinski definition) is 3. The number of aromatic nitrogens is 4. The first-order chi connectivity index (χ1) is 13.5. The van der Waals surface area contributed by atoms with Crippen molar-refractivity contribution >= 4 is 23.1 Å². The maximum atomic E-state index is 14.1. The van der Waals surface area contributed by atoms with Gasteiger partial charge in [0.05, 0.1) is 29.8 Å². The second-order valence-corrected chi connectivity index (χ2v) is 6.69. The van der Waals surface area contributed by atoms with E-state index in [-0.39, 0.29) is 23.1 Å². The van der Waals surface area contributed by atoms with Gasteiger partial charge in [-0.25, -0.2) is 23.7 Å². The number of rotatable bonds is 4. The fourth-order valence-corrected chi connectivity index (χ4v) is 3.14. The first-order valence-corrected chi connectivity index (χ1v) is 8.89. The van der Waals surface area contributed by atoms with E-state index < -0.39 is 17.9 Å². The average molecular weight is 387 g/mol. The molecule has 1 amide bonds. The summed E-state index contributed by atoms with van der Waals surface area (Å²) in [5, 5.41) is 8.56. The standard InChI is InChI=1S/C18H19F2N7O/c1-10-8-27-9-11(4-12(19)17(27)24-10)25-18(28)15-6-23-16(7-22-15)26-14-2-3-21-5-13(14)20/h4,6-9,13-14,21H,2-3,5H2,1H3,(H,23,26)(H,25,28)/t13-,14+/m0/s1. The Hall–Kier alpha value is -3.14. The number of amides is 1. The van der Waals surface area contributed by atoms with E-state index in [1.807, 2.05) is 0 Å². The van der Waals surface area contributed by atoms with Crippen LogP contribution < -0.4 is 16.0 Å². The lowest BCUT2D eigenvalue weighted by Gasteiger charge is -2.27. The van der Waals surface area contributed by atoms with Crippen molar-refractivity contribution in [2.45, 2.75) is 25.6 Å². The molecule has 3 N–H and O–H groups in total. The number of anilines is 2. The summed E-state index contributed by atoms with van der Waals surface area (Å²) in [6, 6.07) is 0.852. The summed E-state index contributed by atoms with van der Waals surface area (Å²) in [6.45, 7) is 2.77. The van der Waals surface area contributed by atoms with Crippen LogP contribution in [0.3, 0.4) is 0 Å². The Kier molecular flexibility index (Phi) is 4.86. The highest BCUT2D eigenvalue weighted by Gasteiger charge is 2.24. The molecule has 10 heteroatoms. The van der Waals surface area contributed by atoms with Gasteiger partial charge in [0.15, 0.2) is 11.5 Å². The summed E-state index contributed by atoms with van der Waals surface area (Å²) in [6.07, 6.45) is 5.52. The minimum absolute atomic E-state index is 0.0648. The van der Waals surface area contributed by atoms with E-state index in [2.05, 4.69) is 30.9 Å². The van der Waals surface area contributed by atoms with Crippen molar-refractivity contribution in [1.82, 2.24) is 24.7 Å². The maximum absolute atomic E-state index is 14.1. The van der Waals surface area contributed by atoms with Gasteiger partial charge in [0.25, 0.3) is 5.91 Å². The van der Waals surface area contributed by atoms with Crippen molar-refractivity contribution in [3.05, 3.63) is 48.1 Å². The molecule has 1 fully saturated rings. The van der Waals surface area contributed by atoms with Gasteiger partial charge in [0, 0.05) is 25.0 Å². The number of aryl methyl sites for hydroxylation is 1. The van der Waals surface area contributed by atoms with Crippen molar-refractivity contribution in [2.75, 3.05) is 23.7 Å². The molecule has 8 nitrogen and oxygen atoms in total. The van der Waals surface area contributed by atoms with E-state index in [0.717, 1.165) is 6.54 Å². The van der Waals surface area contributed by atoms with Crippen molar-refractivity contribution < 1.29 is 13.6 Å². The summed E-state index contributed by atoms with van der Waals surface area (Å²) in [5.41, 5.74) is 1.19. The Morgan fingerprint density at radius 2 is 2.18 bits per heavy atom. The summed E-state index contributed by atoms with van der Waals surface area (Å²) in [7, 11) is 0. The Labute approximate surface area is 159 Å². The monoisotopic (exact) mass is 387 g/mol. The Morgan fingerprint density at radius 3 is 2.93 bits per heavy atom. The zero-order chi connectivity index (χ0) is 19.7. The molecule has 2 atom stereocenters. The summed E-state index contributed by atoms with van der Waals surface area (Å²) < 4.78 is 29.5. The number of alkyl halides is 1. The zero-order valence-corrected chi connectivity index (χ0v) is 15.1. The molecule has 4 rings (SSSR count). The van der Waals surface area contributed by atoms with Crippen molar-refractivity contribution in [3.8, 4) is 0 Å². The van der Waals surface area contributed by atoms with E-state index in [4.69, 9.17) is 0 Å². The van der Waals surface area contributed by atoms with Crippen LogP contribution in [0.2, 0.25) is 0 Å². The molecule has 0 radical (unpaired) electrons. The highest BCUT2D eigenvalue weighted by atomic mass is 19.1.